The lowest BCUT2D eigenvalue weighted by atomic mass is 9.97. The monoisotopic (exact) mass is 441 g/mol. The first-order valence-electron chi connectivity index (χ1n) is 10.8. The van der Waals surface area contributed by atoms with Crippen LogP contribution in [-0.4, -0.2) is 49.0 Å². The van der Waals surface area contributed by atoms with Gasteiger partial charge in [0, 0.05) is 0 Å². The molecule has 1 saturated heterocycles. The summed E-state index contributed by atoms with van der Waals surface area (Å²) in [4.78, 5) is 24.9. The van der Waals surface area contributed by atoms with E-state index in [1.54, 1.807) is 18.2 Å². The lowest BCUT2D eigenvalue weighted by Gasteiger charge is -2.36. The summed E-state index contributed by atoms with van der Waals surface area (Å²) in [6.45, 7) is 1.68. The molecule has 0 saturated carbocycles. The molecule has 3 rings (SSSR count). The highest BCUT2D eigenvalue weighted by atomic mass is 16.5. The van der Waals surface area contributed by atoms with E-state index in [0.717, 1.165) is 5.56 Å². The van der Waals surface area contributed by atoms with E-state index in [4.69, 9.17) is 9.47 Å². The van der Waals surface area contributed by atoms with Crippen molar-refractivity contribution < 1.29 is 24.2 Å². The van der Waals surface area contributed by atoms with Gasteiger partial charge in [0.15, 0.2) is 0 Å². The van der Waals surface area contributed by atoms with Crippen LogP contribution in [0.1, 0.15) is 37.8 Å². The molecule has 1 aliphatic heterocycles. The number of anilines is 1. The second kappa shape index (κ2) is 11.5. The number of carbonyl (C=O) groups excluding carboxylic acids is 2. The fraction of sp³-hybridized carbons (Fsp3) is 0.417. The standard InChI is InChI=1S/C24H31N3O5/c1-16(17-8-4-3-5-9-17)25-23(29)14-18-12-13-20(22(15-28)32-18)27-24(30)26-19-10-6-7-11-21(19)31-2/h3-11,16,18,20,22,28H,12-15H2,1-2H3,(H,25,29)(H2,26,27,30)/t16-,18-,20+,22-/m1/s1. The van der Waals surface area contributed by atoms with Gasteiger partial charge in [0.1, 0.15) is 11.9 Å². The molecule has 2 aromatic carbocycles. The second-order valence-corrected chi connectivity index (χ2v) is 7.87. The van der Waals surface area contributed by atoms with E-state index >= 15 is 0 Å². The van der Waals surface area contributed by atoms with Crippen LogP contribution in [0.4, 0.5) is 10.5 Å². The molecule has 1 fully saturated rings. The van der Waals surface area contributed by atoms with Gasteiger partial charge in [0.25, 0.3) is 0 Å². The van der Waals surface area contributed by atoms with E-state index in [1.165, 1.54) is 7.11 Å². The van der Waals surface area contributed by atoms with Crippen molar-refractivity contribution in [3.05, 3.63) is 60.2 Å². The van der Waals surface area contributed by atoms with Crippen molar-refractivity contribution in [3.63, 3.8) is 0 Å². The first-order chi connectivity index (χ1) is 15.5. The SMILES string of the molecule is COc1ccccc1NC(=O)N[C@H]1CC[C@H](CC(=O)N[C@H](C)c2ccccc2)O[C@@H]1CO. The molecule has 4 atom stereocenters. The highest BCUT2D eigenvalue weighted by Gasteiger charge is 2.33. The van der Waals surface area contributed by atoms with E-state index in [2.05, 4.69) is 16.0 Å². The Morgan fingerprint density at radius 2 is 1.84 bits per heavy atom. The lowest BCUT2D eigenvalue weighted by Crippen LogP contribution is -2.52. The normalized spacial score (nSPS) is 21.3. The Bertz CT molecular complexity index is 892. The largest absolute Gasteiger partial charge is 0.495 e. The lowest BCUT2D eigenvalue weighted by molar-refractivity contribution is -0.131. The van der Waals surface area contributed by atoms with E-state index in [-0.39, 0.29) is 37.1 Å². The molecule has 8 nitrogen and oxygen atoms in total. The molecule has 172 valence electrons. The van der Waals surface area contributed by atoms with Crippen LogP contribution in [0.3, 0.4) is 0 Å². The highest BCUT2D eigenvalue weighted by Crippen LogP contribution is 2.25. The molecule has 0 unspecified atom stereocenters. The minimum atomic E-state index is -0.587. The van der Waals surface area contributed by atoms with Crippen molar-refractivity contribution in [2.75, 3.05) is 19.0 Å². The van der Waals surface area contributed by atoms with Crippen LogP contribution >= 0.6 is 0 Å². The molecule has 1 aliphatic rings. The second-order valence-electron chi connectivity index (χ2n) is 7.87. The van der Waals surface area contributed by atoms with Crippen LogP contribution in [-0.2, 0) is 9.53 Å². The van der Waals surface area contributed by atoms with Crippen LogP contribution in [0.2, 0.25) is 0 Å². The molecular weight excluding hydrogens is 410 g/mol. The first-order valence-corrected chi connectivity index (χ1v) is 10.8. The number of aliphatic hydroxyl groups excluding tert-OH is 1. The average Bonchev–Trinajstić information content (AvgIpc) is 2.80. The molecule has 0 spiro atoms. The zero-order chi connectivity index (χ0) is 22.9. The maximum atomic E-state index is 12.5. The third-order valence-corrected chi connectivity index (χ3v) is 5.56. The van der Waals surface area contributed by atoms with Gasteiger partial charge in [-0.05, 0) is 37.5 Å². The molecule has 0 aromatic heterocycles. The van der Waals surface area contributed by atoms with Gasteiger partial charge >= 0.3 is 6.03 Å². The van der Waals surface area contributed by atoms with Gasteiger partial charge in [0.2, 0.25) is 5.91 Å². The summed E-state index contributed by atoms with van der Waals surface area (Å²) < 4.78 is 11.2. The number of nitrogens with one attached hydrogen (secondary N) is 3. The molecule has 0 aliphatic carbocycles. The molecule has 0 bridgehead atoms. The van der Waals surface area contributed by atoms with Gasteiger partial charge in [-0.3, -0.25) is 4.79 Å². The zero-order valence-electron chi connectivity index (χ0n) is 18.4. The number of urea groups is 1. The number of hydrogen-bond acceptors (Lipinski definition) is 5. The maximum Gasteiger partial charge on any atom is 0.319 e. The van der Waals surface area contributed by atoms with Gasteiger partial charge in [0.05, 0.1) is 44.0 Å². The van der Waals surface area contributed by atoms with Crippen LogP contribution < -0.4 is 20.7 Å². The number of aliphatic hydroxyl groups is 1. The van der Waals surface area contributed by atoms with Crippen LogP contribution in [0.5, 0.6) is 5.75 Å². The summed E-state index contributed by atoms with van der Waals surface area (Å²) in [5, 5.41) is 18.4. The molecule has 0 radical (unpaired) electrons. The number of benzene rings is 2. The fourth-order valence-electron chi connectivity index (χ4n) is 3.85. The summed E-state index contributed by atoms with van der Waals surface area (Å²) in [6, 6.07) is 16.0. The predicted octanol–water partition coefficient (Wildman–Crippen LogP) is 2.99. The van der Waals surface area contributed by atoms with Crippen molar-refractivity contribution in [2.45, 2.75) is 50.5 Å². The Hall–Kier alpha value is -3.10. The number of ether oxygens (including phenoxy) is 2. The summed E-state index contributed by atoms with van der Waals surface area (Å²) in [7, 11) is 1.53. The van der Waals surface area contributed by atoms with Gasteiger partial charge < -0.3 is 30.5 Å². The predicted molar refractivity (Wildman–Crippen MR) is 122 cm³/mol. The first kappa shape index (κ1) is 23.6. The van der Waals surface area contributed by atoms with Gasteiger partial charge in [-0.25, -0.2) is 4.79 Å². The van der Waals surface area contributed by atoms with Crippen LogP contribution in [0.25, 0.3) is 0 Å². The third kappa shape index (κ3) is 6.45. The van der Waals surface area contributed by atoms with Crippen molar-refractivity contribution in [2.24, 2.45) is 0 Å². The summed E-state index contributed by atoms with van der Waals surface area (Å²) in [6.07, 6.45) is 0.496. The van der Waals surface area contributed by atoms with Crippen molar-refractivity contribution in [1.29, 1.82) is 0 Å². The minimum Gasteiger partial charge on any atom is -0.495 e. The van der Waals surface area contributed by atoms with Crippen molar-refractivity contribution in [1.82, 2.24) is 10.6 Å². The molecule has 2 aromatic rings. The Kier molecular flexibility index (Phi) is 8.47. The number of rotatable bonds is 8. The molecule has 3 amide bonds. The Morgan fingerprint density at radius 1 is 1.12 bits per heavy atom. The Morgan fingerprint density at radius 3 is 2.56 bits per heavy atom. The fourth-order valence-corrected chi connectivity index (χ4v) is 3.85. The highest BCUT2D eigenvalue weighted by molar-refractivity contribution is 5.91. The van der Waals surface area contributed by atoms with Gasteiger partial charge in [-0.15, -0.1) is 0 Å². The molecular formula is C24H31N3O5. The van der Waals surface area contributed by atoms with Crippen LogP contribution in [0.15, 0.2) is 54.6 Å². The van der Waals surface area contributed by atoms with Gasteiger partial charge in [-0.2, -0.15) is 0 Å². The molecule has 8 heteroatoms. The van der Waals surface area contributed by atoms with Gasteiger partial charge in [-0.1, -0.05) is 42.5 Å². The minimum absolute atomic E-state index is 0.103. The number of amides is 3. The summed E-state index contributed by atoms with van der Waals surface area (Å²) >= 11 is 0. The molecule has 1 heterocycles. The Balaban J connectivity index is 1.48. The van der Waals surface area contributed by atoms with Crippen molar-refractivity contribution >= 4 is 17.6 Å². The van der Waals surface area contributed by atoms with Crippen LogP contribution in [0, 0.1) is 0 Å². The summed E-state index contributed by atoms with van der Waals surface area (Å²) in [5.41, 5.74) is 1.58. The van der Waals surface area contributed by atoms with E-state index in [9.17, 15) is 14.7 Å². The topological polar surface area (TPSA) is 109 Å². The maximum absolute atomic E-state index is 12.5. The smallest absolute Gasteiger partial charge is 0.319 e. The number of methoxy groups -OCH3 is 1. The average molecular weight is 442 g/mol. The summed E-state index contributed by atoms with van der Waals surface area (Å²) in [5.74, 6) is 0.445. The number of hydrogen-bond donors (Lipinski definition) is 4. The van der Waals surface area contributed by atoms with E-state index in [1.807, 2.05) is 43.3 Å². The quantitative estimate of drug-likeness (QED) is 0.504. The number of carbonyl (C=O) groups is 2. The molecule has 32 heavy (non-hydrogen) atoms. The number of para-hydroxylation sites is 2. The Labute approximate surface area is 188 Å². The van der Waals surface area contributed by atoms with E-state index < -0.39 is 12.1 Å². The third-order valence-electron chi connectivity index (χ3n) is 5.56. The molecule has 4 N–H and O–H groups in total. The van der Waals surface area contributed by atoms with E-state index in [0.29, 0.717) is 24.3 Å². The zero-order valence-corrected chi connectivity index (χ0v) is 18.4. The van der Waals surface area contributed by atoms with Crippen molar-refractivity contribution in [3.8, 4) is 5.75 Å².